The molecule has 0 saturated carbocycles. The molecule has 16 heavy (non-hydrogen) atoms. The van der Waals surface area contributed by atoms with Crippen LogP contribution in [0.3, 0.4) is 0 Å². The van der Waals surface area contributed by atoms with E-state index in [2.05, 4.69) is 10.1 Å². The number of carbonyl (C=O) groups is 2. The Labute approximate surface area is 92.0 Å². The molecule has 84 valence electrons. The fourth-order valence-corrected chi connectivity index (χ4v) is 1.55. The van der Waals surface area contributed by atoms with E-state index < -0.39 is 11.9 Å². The lowest BCUT2D eigenvalue weighted by molar-refractivity contribution is -0.268. The second-order valence-electron chi connectivity index (χ2n) is 3.62. The van der Waals surface area contributed by atoms with Crippen molar-refractivity contribution in [2.75, 3.05) is 6.61 Å². The SMILES string of the molecule is O=C1NC(Cc2ccc([O-])cc2)COC1=O. The quantitative estimate of drug-likeness (QED) is 0.530. The van der Waals surface area contributed by atoms with Gasteiger partial charge in [0.05, 0.1) is 6.04 Å². The van der Waals surface area contributed by atoms with Gasteiger partial charge >= 0.3 is 11.9 Å². The first-order valence-corrected chi connectivity index (χ1v) is 4.89. The van der Waals surface area contributed by atoms with Crippen LogP contribution in [-0.4, -0.2) is 24.5 Å². The van der Waals surface area contributed by atoms with Crippen molar-refractivity contribution in [2.45, 2.75) is 12.5 Å². The molecule has 0 aromatic heterocycles. The van der Waals surface area contributed by atoms with Crippen LogP contribution in [0.25, 0.3) is 0 Å². The van der Waals surface area contributed by atoms with Gasteiger partial charge in [0.25, 0.3) is 0 Å². The Balaban J connectivity index is 1.98. The van der Waals surface area contributed by atoms with Crippen LogP contribution in [0.5, 0.6) is 5.75 Å². The Morgan fingerprint density at radius 2 is 2.00 bits per heavy atom. The fraction of sp³-hybridized carbons (Fsp3) is 0.273. The standard InChI is InChI=1S/C11H11NO4/c13-9-3-1-7(2-4-9)5-8-6-16-11(15)10(14)12-8/h1-4,8,13H,5-6H2,(H,12,14)/p-1. The average molecular weight is 220 g/mol. The molecular weight excluding hydrogens is 210 g/mol. The van der Waals surface area contributed by atoms with Crippen LogP contribution >= 0.6 is 0 Å². The molecule has 1 N–H and O–H groups in total. The van der Waals surface area contributed by atoms with Gasteiger partial charge in [-0.1, -0.05) is 24.3 Å². The summed E-state index contributed by atoms with van der Waals surface area (Å²) in [4.78, 5) is 21.8. The van der Waals surface area contributed by atoms with Crippen LogP contribution in [0, 0.1) is 0 Å². The lowest BCUT2D eigenvalue weighted by atomic mass is 10.1. The van der Waals surface area contributed by atoms with Crippen molar-refractivity contribution < 1.29 is 19.4 Å². The number of hydrogen-bond acceptors (Lipinski definition) is 4. The largest absolute Gasteiger partial charge is 0.872 e. The Morgan fingerprint density at radius 1 is 1.31 bits per heavy atom. The van der Waals surface area contributed by atoms with Gasteiger partial charge in [0.2, 0.25) is 0 Å². The number of cyclic esters (lactones) is 1. The Bertz CT molecular complexity index is 412. The summed E-state index contributed by atoms with van der Waals surface area (Å²) in [5.41, 5.74) is 0.919. The Hall–Kier alpha value is -2.04. The molecule has 5 heteroatoms. The molecular formula is C11H10NO4-. The highest BCUT2D eigenvalue weighted by Gasteiger charge is 2.26. The molecule has 1 aromatic carbocycles. The predicted molar refractivity (Wildman–Crippen MR) is 52.5 cm³/mol. The van der Waals surface area contributed by atoms with Crippen molar-refractivity contribution in [2.24, 2.45) is 0 Å². The molecule has 1 heterocycles. The summed E-state index contributed by atoms with van der Waals surface area (Å²) in [6, 6.07) is 6.11. The molecule has 1 aromatic rings. The van der Waals surface area contributed by atoms with Crippen molar-refractivity contribution in [1.29, 1.82) is 0 Å². The topological polar surface area (TPSA) is 78.5 Å². The molecule has 1 aliphatic rings. The van der Waals surface area contributed by atoms with Gasteiger partial charge in [-0.2, -0.15) is 0 Å². The third-order valence-electron chi connectivity index (χ3n) is 2.34. The van der Waals surface area contributed by atoms with Gasteiger partial charge in [-0.3, -0.25) is 4.79 Å². The lowest BCUT2D eigenvalue weighted by Gasteiger charge is -2.22. The molecule has 1 saturated heterocycles. The highest BCUT2D eigenvalue weighted by molar-refractivity contribution is 6.33. The smallest absolute Gasteiger partial charge is 0.396 e. The number of morpholine rings is 1. The number of nitrogens with one attached hydrogen (secondary N) is 1. The number of amides is 1. The highest BCUT2D eigenvalue weighted by Crippen LogP contribution is 2.10. The van der Waals surface area contributed by atoms with Gasteiger partial charge in [-0.05, 0) is 12.0 Å². The van der Waals surface area contributed by atoms with Crippen LogP contribution in [-0.2, 0) is 20.7 Å². The summed E-state index contributed by atoms with van der Waals surface area (Å²) in [6.45, 7) is 0.170. The van der Waals surface area contributed by atoms with E-state index in [-0.39, 0.29) is 18.4 Å². The maximum Gasteiger partial charge on any atom is 0.396 e. The minimum absolute atomic E-state index is 0.0529. The normalized spacial score (nSPS) is 20.1. The molecule has 0 radical (unpaired) electrons. The number of hydrogen-bond donors (Lipinski definition) is 1. The average Bonchev–Trinajstić information content (AvgIpc) is 2.27. The molecule has 1 atom stereocenters. The van der Waals surface area contributed by atoms with E-state index in [0.29, 0.717) is 6.42 Å². The molecule has 1 fully saturated rings. The first-order chi connectivity index (χ1) is 7.65. The minimum atomic E-state index is -0.842. The number of ether oxygens (including phenoxy) is 1. The zero-order valence-corrected chi connectivity index (χ0v) is 8.43. The summed E-state index contributed by atoms with van der Waals surface area (Å²) < 4.78 is 4.69. The van der Waals surface area contributed by atoms with E-state index in [1.165, 1.54) is 12.1 Å². The second-order valence-corrected chi connectivity index (χ2v) is 3.62. The maximum absolute atomic E-state index is 11.0. The molecule has 0 bridgehead atoms. The molecule has 0 aliphatic carbocycles. The summed E-state index contributed by atoms with van der Waals surface area (Å²) in [5.74, 6) is -1.61. The van der Waals surface area contributed by atoms with E-state index in [0.717, 1.165) is 5.56 Å². The molecule has 1 amide bonds. The van der Waals surface area contributed by atoms with Crippen LogP contribution in [0.15, 0.2) is 24.3 Å². The van der Waals surface area contributed by atoms with Gasteiger partial charge in [0.1, 0.15) is 6.61 Å². The van der Waals surface area contributed by atoms with Crippen LogP contribution in [0.1, 0.15) is 5.56 Å². The number of esters is 1. The Kier molecular flexibility index (Phi) is 2.76. The van der Waals surface area contributed by atoms with Crippen molar-refractivity contribution in [3.05, 3.63) is 29.8 Å². The zero-order chi connectivity index (χ0) is 11.5. The molecule has 1 unspecified atom stereocenters. The van der Waals surface area contributed by atoms with Gasteiger partial charge in [0, 0.05) is 0 Å². The summed E-state index contributed by atoms with van der Waals surface area (Å²) in [5, 5.41) is 13.4. The van der Waals surface area contributed by atoms with E-state index in [9.17, 15) is 14.7 Å². The summed E-state index contributed by atoms with van der Waals surface area (Å²) in [6.07, 6.45) is 0.541. The summed E-state index contributed by atoms with van der Waals surface area (Å²) in [7, 11) is 0. The van der Waals surface area contributed by atoms with E-state index >= 15 is 0 Å². The van der Waals surface area contributed by atoms with Crippen LogP contribution < -0.4 is 10.4 Å². The predicted octanol–water partition coefficient (Wildman–Crippen LogP) is -0.656. The third kappa shape index (κ3) is 2.31. The monoisotopic (exact) mass is 220 g/mol. The van der Waals surface area contributed by atoms with Crippen molar-refractivity contribution in [1.82, 2.24) is 5.32 Å². The minimum Gasteiger partial charge on any atom is -0.872 e. The molecule has 1 aliphatic heterocycles. The van der Waals surface area contributed by atoms with Crippen LogP contribution in [0.4, 0.5) is 0 Å². The number of benzene rings is 1. The third-order valence-corrected chi connectivity index (χ3v) is 2.34. The second kappa shape index (κ2) is 4.22. The van der Waals surface area contributed by atoms with Crippen molar-refractivity contribution in [3.63, 3.8) is 0 Å². The van der Waals surface area contributed by atoms with Crippen molar-refractivity contribution >= 4 is 11.9 Å². The zero-order valence-electron chi connectivity index (χ0n) is 8.43. The summed E-state index contributed by atoms with van der Waals surface area (Å²) >= 11 is 0. The first kappa shape index (κ1) is 10.5. The molecule has 2 rings (SSSR count). The highest BCUT2D eigenvalue weighted by atomic mass is 16.5. The van der Waals surface area contributed by atoms with E-state index in [4.69, 9.17) is 0 Å². The lowest BCUT2D eigenvalue weighted by Crippen LogP contribution is -2.49. The first-order valence-electron chi connectivity index (χ1n) is 4.89. The Morgan fingerprint density at radius 3 is 2.62 bits per heavy atom. The van der Waals surface area contributed by atoms with E-state index in [1.54, 1.807) is 12.1 Å². The number of carbonyl (C=O) groups excluding carboxylic acids is 2. The molecule has 0 spiro atoms. The fourth-order valence-electron chi connectivity index (χ4n) is 1.55. The maximum atomic E-state index is 11.0. The van der Waals surface area contributed by atoms with Gasteiger partial charge < -0.3 is 15.2 Å². The molecule has 5 nitrogen and oxygen atoms in total. The van der Waals surface area contributed by atoms with Gasteiger partial charge in [-0.25, -0.2) is 4.79 Å². The van der Waals surface area contributed by atoms with Crippen molar-refractivity contribution in [3.8, 4) is 5.75 Å². The number of rotatable bonds is 2. The van der Waals surface area contributed by atoms with E-state index in [1.807, 2.05) is 0 Å². The van der Waals surface area contributed by atoms with Gasteiger partial charge in [0.15, 0.2) is 0 Å². The van der Waals surface area contributed by atoms with Crippen LogP contribution in [0.2, 0.25) is 0 Å². The van der Waals surface area contributed by atoms with Gasteiger partial charge in [-0.15, -0.1) is 5.75 Å².